The van der Waals surface area contributed by atoms with Crippen LogP contribution < -0.4 is 10.8 Å². The summed E-state index contributed by atoms with van der Waals surface area (Å²) in [5.41, 5.74) is 2.64. The Bertz CT molecular complexity index is 627. The number of hydroxylamine groups is 1. The summed E-state index contributed by atoms with van der Waals surface area (Å²) in [4.78, 5) is 30.1. The van der Waals surface area contributed by atoms with Crippen molar-refractivity contribution in [1.29, 1.82) is 0 Å². The van der Waals surface area contributed by atoms with Crippen molar-refractivity contribution < 1.29 is 28.6 Å². The smallest absolute Gasteiger partial charge is 0.407 e. The molecular formula is C20H28N2O6. The SMILES string of the molecule is O=C(CC1(NC(=O)OCc2ccccc2)CCOCC1)NOC1CCCCO1. The van der Waals surface area contributed by atoms with Crippen LogP contribution in [0.3, 0.4) is 0 Å². The number of rotatable bonds is 7. The van der Waals surface area contributed by atoms with Gasteiger partial charge in [0, 0.05) is 26.2 Å². The third-order valence-corrected chi connectivity index (χ3v) is 4.97. The van der Waals surface area contributed by atoms with Gasteiger partial charge in [-0.15, -0.1) is 0 Å². The van der Waals surface area contributed by atoms with E-state index in [-0.39, 0.29) is 18.9 Å². The Morgan fingerprint density at radius 1 is 1.11 bits per heavy atom. The van der Waals surface area contributed by atoms with E-state index in [4.69, 9.17) is 19.0 Å². The van der Waals surface area contributed by atoms with Crippen molar-refractivity contribution in [2.24, 2.45) is 0 Å². The van der Waals surface area contributed by atoms with Gasteiger partial charge in [-0.25, -0.2) is 15.1 Å². The Labute approximate surface area is 164 Å². The van der Waals surface area contributed by atoms with Crippen LogP contribution in [0.1, 0.15) is 44.1 Å². The average molecular weight is 392 g/mol. The number of amides is 2. The Morgan fingerprint density at radius 3 is 2.61 bits per heavy atom. The number of hydrogen-bond acceptors (Lipinski definition) is 6. The molecule has 2 heterocycles. The van der Waals surface area contributed by atoms with Gasteiger partial charge in [0.1, 0.15) is 6.61 Å². The molecule has 0 aliphatic carbocycles. The summed E-state index contributed by atoms with van der Waals surface area (Å²) in [5.74, 6) is -0.306. The van der Waals surface area contributed by atoms with Gasteiger partial charge in [-0.3, -0.25) is 4.79 Å². The van der Waals surface area contributed by atoms with E-state index < -0.39 is 17.9 Å². The minimum absolute atomic E-state index is 0.0868. The molecule has 1 atom stereocenters. The van der Waals surface area contributed by atoms with E-state index in [0.717, 1.165) is 24.8 Å². The van der Waals surface area contributed by atoms with E-state index in [1.807, 2.05) is 30.3 Å². The molecule has 2 N–H and O–H groups in total. The van der Waals surface area contributed by atoms with Crippen LogP contribution in [-0.4, -0.2) is 43.7 Å². The second kappa shape index (κ2) is 10.4. The van der Waals surface area contributed by atoms with E-state index in [9.17, 15) is 9.59 Å². The topological polar surface area (TPSA) is 95.1 Å². The van der Waals surface area contributed by atoms with Gasteiger partial charge in [-0.05, 0) is 31.2 Å². The van der Waals surface area contributed by atoms with Gasteiger partial charge in [-0.1, -0.05) is 30.3 Å². The molecule has 0 radical (unpaired) electrons. The standard InChI is InChI=1S/C20H28N2O6/c23-17(22-28-18-8-4-5-11-26-18)14-20(9-12-25-13-10-20)21-19(24)27-15-16-6-2-1-3-7-16/h1-3,6-7,18H,4-5,8-15H2,(H,21,24)(H,22,23). The van der Waals surface area contributed by atoms with Crippen LogP contribution in [0.25, 0.3) is 0 Å². The fourth-order valence-corrected chi connectivity index (χ4v) is 3.36. The van der Waals surface area contributed by atoms with Gasteiger partial charge < -0.3 is 19.5 Å². The van der Waals surface area contributed by atoms with Crippen LogP contribution >= 0.6 is 0 Å². The number of carbonyl (C=O) groups is 2. The van der Waals surface area contributed by atoms with E-state index >= 15 is 0 Å². The normalized spacial score (nSPS) is 21.5. The lowest BCUT2D eigenvalue weighted by atomic mass is 9.86. The Kier molecular flexibility index (Phi) is 7.64. The number of benzene rings is 1. The van der Waals surface area contributed by atoms with Crippen LogP contribution in [-0.2, 0) is 30.4 Å². The zero-order valence-electron chi connectivity index (χ0n) is 16.0. The third-order valence-electron chi connectivity index (χ3n) is 4.97. The van der Waals surface area contributed by atoms with Crippen molar-refractivity contribution >= 4 is 12.0 Å². The molecule has 8 heteroatoms. The molecule has 0 spiro atoms. The Balaban J connectivity index is 1.49. The molecule has 2 fully saturated rings. The zero-order chi connectivity index (χ0) is 19.7. The summed E-state index contributed by atoms with van der Waals surface area (Å²) in [6.45, 7) is 1.75. The maximum atomic E-state index is 12.4. The summed E-state index contributed by atoms with van der Waals surface area (Å²) < 4.78 is 16.2. The van der Waals surface area contributed by atoms with Crippen LogP contribution in [0.2, 0.25) is 0 Å². The van der Waals surface area contributed by atoms with Gasteiger partial charge in [0.25, 0.3) is 0 Å². The van der Waals surface area contributed by atoms with Gasteiger partial charge >= 0.3 is 6.09 Å². The quantitative estimate of drug-likeness (QED) is 0.692. The van der Waals surface area contributed by atoms with Crippen LogP contribution in [0.15, 0.2) is 30.3 Å². The molecule has 3 rings (SSSR count). The first-order valence-electron chi connectivity index (χ1n) is 9.78. The first-order valence-corrected chi connectivity index (χ1v) is 9.78. The van der Waals surface area contributed by atoms with Crippen molar-refractivity contribution in [2.45, 2.75) is 57.0 Å². The summed E-state index contributed by atoms with van der Waals surface area (Å²) >= 11 is 0. The third kappa shape index (κ3) is 6.47. The van der Waals surface area contributed by atoms with Crippen LogP contribution in [0.5, 0.6) is 0 Å². The summed E-state index contributed by atoms with van der Waals surface area (Å²) in [5, 5.41) is 2.88. The summed E-state index contributed by atoms with van der Waals surface area (Å²) in [6, 6.07) is 9.44. The molecular weight excluding hydrogens is 364 g/mol. The second-order valence-corrected chi connectivity index (χ2v) is 7.20. The Hall–Kier alpha value is -2.16. The molecule has 0 bridgehead atoms. The highest BCUT2D eigenvalue weighted by Crippen LogP contribution is 2.25. The predicted molar refractivity (Wildman–Crippen MR) is 100.0 cm³/mol. The van der Waals surface area contributed by atoms with E-state index in [1.165, 1.54) is 0 Å². The number of ether oxygens (including phenoxy) is 3. The molecule has 8 nitrogen and oxygen atoms in total. The van der Waals surface area contributed by atoms with Crippen LogP contribution in [0.4, 0.5) is 4.79 Å². The highest BCUT2D eigenvalue weighted by atomic mass is 16.8. The van der Waals surface area contributed by atoms with Crippen molar-refractivity contribution in [2.75, 3.05) is 19.8 Å². The first-order chi connectivity index (χ1) is 13.7. The fourth-order valence-electron chi connectivity index (χ4n) is 3.36. The van der Waals surface area contributed by atoms with Crippen molar-refractivity contribution in [3.63, 3.8) is 0 Å². The second-order valence-electron chi connectivity index (χ2n) is 7.20. The lowest BCUT2D eigenvalue weighted by molar-refractivity contribution is -0.201. The minimum atomic E-state index is -0.715. The molecule has 28 heavy (non-hydrogen) atoms. The summed E-state index contributed by atoms with van der Waals surface area (Å²) in [7, 11) is 0. The highest BCUT2D eigenvalue weighted by Gasteiger charge is 2.37. The average Bonchev–Trinajstić information content (AvgIpc) is 2.73. The molecule has 1 aromatic rings. The molecule has 0 saturated carbocycles. The maximum absolute atomic E-state index is 12.4. The highest BCUT2D eigenvalue weighted by molar-refractivity contribution is 5.77. The van der Waals surface area contributed by atoms with Gasteiger partial charge in [0.15, 0.2) is 6.29 Å². The van der Waals surface area contributed by atoms with E-state index in [0.29, 0.717) is 32.7 Å². The first kappa shape index (κ1) is 20.6. The molecule has 2 aliphatic heterocycles. The fraction of sp³-hybridized carbons (Fsp3) is 0.600. The van der Waals surface area contributed by atoms with E-state index in [2.05, 4.69) is 10.8 Å². The zero-order valence-corrected chi connectivity index (χ0v) is 16.0. The molecule has 0 aromatic heterocycles. The number of carbonyl (C=O) groups excluding carboxylic acids is 2. The summed E-state index contributed by atoms with van der Waals surface area (Å²) in [6.07, 6.45) is 2.96. The molecule has 2 saturated heterocycles. The van der Waals surface area contributed by atoms with E-state index in [1.54, 1.807) is 0 Å². The monoisotopic (exact) mass is 392 g/mol. The van der Waals surface area contributed by atoms with Gasteiger partial charge in [0.2, 0.25) is 5.91 Å². The molecule has 2 amide bonds. The lowest BCUT2D eigenvalue weighted by Crippen LogP contribution is -2.54. The van der Waals surface area contributed by atoms with Gasteiger partial charge in [-0.2, -0.15) is 0 Å². The largest absolute Gasteiger partial charge is 0.445 e. The van der Waals surface area contributed by atoms with Gasteiger partial charge in [0.05, 0.1) is 12.0 Å². The molecule has 2 aliphatic rings. The molecule has 154 valence electrons. The molecule has 1 unspecified atom stereocenters. The predicted octanol–water partition coefficient (Wildman–Crippen LogP) is 2.43. The maximum Gasteiger partial charge on any atom is 0.407 e. The van der Waals surface area contributed by atoms with Crippen LogP contribution in [0, 0.1) is 0 Å². The lowest BCUT2D eigenvalue weighted by Gasteiger charge is -2.37. The Morgan fingerprint density at radius 2 is 1.89 bits per heavy atom. The van der Waals surface area contributed by atoms with Crippen molar-refractivity contribution in [3.05, 3.63) is 35.9 Å². The number of alkyl carbamates (subject to hydrolysis) is 1. The minimum Gasteiger partial charge on any atom is -0.445 e. The number of hydrogen-bond donors (Lipinski definition) is 2. The number of nitrogens with one attached hydrogen (secondary N) is 2. The van der Waals surface area contributed by atoms with Crippen molar-refractivity contribution in [1.82, 2.24) is 10.8 Å². The molecule has 1 aromatic carbocycles. The van der Waals surface area contributed by atoms with Crippen molar-refractivity contribution in [3.8, 4) is 0 Å².